The lowest BCUT2D eigenvalue weighted by molar-refractivity contribution is 0.142. The zero-order chi connectivity index (χ0) is 16.2. The maximum atomic E-state index is 12.9. The molecule has 0 fully saturated rings. The predicted molar refractivity (Wildman–Crippen MR) is 85.7 cm³/mol. The molecule has 0 aliphatic carbocycles. The zero-order valence-electron chi connectivity index (χ0n) is 12.8. The summed E-state index contributed by atoms with van der Waals surface area (Å²) in [6, 6.07) is 3.00. The van der Waals surface area contributed by atoms with Gasteiger partial charge in [0.05, 0.1) is 18.1 Å². The van der Waals surface area contributed by atoms with Crippen LogP contribution in [0.4, 0.5) is 0 Å². The van der Waals surface area contributed by atoms with Crippen molar-refractivity contribution in [1.29, 1.82) is 0 Å². The van der Waals surface area contributed by atoms with Gasteiger partial charge in [-0.15, -0.1) is 0 Å². The number of rotatable bonds is 7. The van der Waals surface area contributed by atoms with Gasteiger partial charge in [0.25, 0.3) is 0 Å². The summed E-state index contributed by atoms with van der Waals surface area (Å²) in [5.41, 5.74) is 1.35. The van der Waals surface area contributed by atoms with Gasteiger partial charge in [-0.3, -0.25) is 0 Å². The fourth-order valence-electron chi connectivity index (χ4n) is 2.26. The van der Waals surface area contributed by atoms with Gasteiger partial charge >= 0.3 is 0 Å². The maximum Gasteiger partial charge on any atom is 0.244 e. The van der Waals surface area contributed by atoms with E-state index in [2.05, 4.69) is 15.9 Å². The maximum absolute atomic E-state index is 12.9. The highest BCUT2D eigenvalue weighted by atomic mass is 79.9. The molecular weight excluding hydrogens is 358 g/mol. The van der Waals surface area contributed by atoms with E-state index in [9.17, 15) is 13.5 Å². The monoisotopic (exact) mass is 379 g/mol. The molecule has 1 rings (SSSR count). The summed E-state index contributed by atoms with van der Waals surface area (Å²) in [5.74, 6) is 0. The average Bonchev–Trinajstić information content (AvgIpc) is 2.42. The molecule has 1 unspecified atom stereocenters. The zero-order valence-corrected chi connectivity index (χ0v) is 15.2. The van der Waals surface area contributed by atoms with Crippen LogP contribution in [-0.2, 0) is 21.4 Å². The van der Waals surface area contributed by atoms with E-state index in [0.717, 1.165) is 5.56 Å². The molecule has 21 heavy (non-hydrogen) atoms. The minimum absolute atomic E-state index is 0.177. The highest BCUT2D eigenvalue weighted by Crippen LogP contribution is 2.30. The van der Waals surface area contributed by atoms with Crippen molar-refractivity contribution in [2.45, 2.75) is 38.3 Å². The Bertz CT molecular complexity index is 589. The Morgan fingerprint density at radius 2 is 2.05 bits per heavy atom. The number of benzene rings is 1. The summed E-state index contributed by atoms with van der Waals surface area (Å²) in [7, 11) is -2.12. The normalized spacial score (nSPS) is 13.7. The van der Waals surface area contributed by atoms with E-state index < -0.39 is 10.0 Å². The minimum atomic E-state index is -3.66. The van der Waals surface area contributed by atoms with Crippen LogP contribution in [0.5, 0.6) is 0 Å². The van der Waals surface area contributed by atoms with Crippen LogP contribution in [0.3, 0.4) is 0 Å². The summed E-state index contributed by atoms with van der Waals surface area (Å²) < 4.78 is 32.7. The van der Waals surface area contributed by atoms with E-state index in [1.165, 1.54) is 10.4 Å². The van der Waals surface area contributed by atoms with E-state index in [0.29, 0.717) is 23.2 Å². The third-order valence-corrected chi connectivity index (χ3v) is 6.69. The highest BCUT2D eigenvalue weighted by Gasteiger charge is 2.30. The first-order valence-corrected chi connectivity index (χ1v) is 8.93. The summed E-state index contributed by atoms with van der Waals surface area (Å²) in [4.78, 5) is 0.177. The Morgan fingerprint density at radius 1 is 1.43 bits per heavy atom. The van der Waals surface area contributed by atoms with Gasteiger partial charge in [-0.1, -0.05) is 13.0 Å². The van der Waals surface area contributed by atoms with Gasteiger partial charge in [0, 0.05) is 24.2 Å². The number of nitrogens with zero attached hydrogens (tertiary/aromatic N) is 1. The molecule has 0 aromatic heterocycles. The van der Waals surface area contributed by atoms with Crippen molar-refractivity contribution >= 4 is 26.0 Å². The largest absolute Gasteiger partial charge is 0.392 e. The van der Waals surface area contributed by atoms with Crippen molar-refractivity contribution in [1.82, 2.24) is 4.31 Å². The molecule has 0 aliphatic heterocycles. The van der Waals surface area contributed by atoms with Crippen molar-refractivity contribution < 1.29 is 18.3 Å². The smallest absolute Gasteiger partial charge is 0.244 e. The first-order valence-electron chi connectivity index (χ1n) is 6.70. The Morgan fingerprint density at radius 3 is 2.52 bits per heavy atom. The third kappa shape index (κ3) is 4.04. The number of sulfonamides is 1. The Kier molecular flexibility index (Phi) is 6.80. The molecule has 0 saturated heterocycles. The topological polar surface area (TPSA) is 66.8 Å². The second-order valence-corrected chi connectivity index (χ2v) is 7.55. The van der Waals surface area contributed by atoms with Gasteiger partial charge in [-0.2, -0.15) is 4.31 Å². The average molecular weight is 380 g/mol. The number of halogens is 1. The molecule has 0 spiro atoms. The number of hydrogen-bond donors (Lipinski definition) is 1. The molecule has 0 heterocycles. The van der Waals surface area contributed by atoms with Gasteiger partial charge in [-0.05, 0) is 47.0 Å². The van der Waals surface area contributed by atoms with Crippen molar-refractivity contribution in [3.8, 4) is 0 Å². The van der Waals surface area contributed by atoms with E-state index in [-0.39, 0.29) is 17.5 Å². The number of aliphatic hydroxyl groups excluding tert-OH is 1. The fourth-order valence-corrected chi connectivity index (χ4v) is 4.91. The van der Waals surface area contributed by atoms with Gasteiger partial charge in [0.2, 0.25) is 10.0 Å². The van der Waals surface area contributed by atoms with Gasteiger partial charge < -0.3 is 9.84 Å². The van der Waals surface area contributed by atoms with Crippen LogP contribution in [0.1, 0.15) is 25.0 Å². The summed E-state index contributed by atoms with van der Waals surface area (Å²) in [5, 5.41) is 9.29. The highest BCUT2D eigenvalue weighted by molar-refractivity contribution is 9.10. The van der Waals surface area contributed by atoms with E-state index in [1.54, 1.807) is 33.9 Å². The molecule has 1 aromatic rings. The second kappa shape index (κ2) is 7.69. The Hall–Kier alpha value is -0.470. The minimum Gasteiger partial charge on any atom is -0.392 e. The lowest BCUT2D eigenvalue weighted by Gasteiger charge is -2.27. The van der Waals surface area contributed by atoms with Crippen molar-refractivity contribution in [2.24, 2.45) is 0 Å². The van der Waals surface area contributed by atoms with Crippen LogP contribution in [0.2, 0.25) is 0 Å². The van der Waals surface area contributed by atoms with Gasteiger partial charge in [0.15, 0.2) is 0 Å². The lowest BCUT2D eigenvalue weighted by Crippen LogP contribution is -2.41. The number of hydrogen-bond acceptors (Lipinski definition) is 4. The van der Waals surface area contributed by atoms with Crippen LogP contribution in [0.15, 0.2) is 21.5 Å². The molecule has 5 nitrogen and oxygen atoms in total. The summed E-state index contributed by atoms with van der Waals surface area (Å²) in [6.45, 7) is 5.88. The van der Waals surface area contributed by atoms with Crippen molar-refractivity contribution in [2.75, 3.05) is 20.3 Å². The number of methoxy groups -OCH3 is 1. The third-order valence-electron chi connectivity index (χ3n) is 3.26. The Balaban J connectivity index is 3.38. The SMILES string of the molecule is CCN(C(C)COC)S(=O)(=O)c1cc(CO)cc(C)c1Br. The van der Waals surface area contributed by atoms with E-state index in [4.69, 9.17) is 4.74 Å². The van der Waals surface area contributed by atoms with E-state index >= 15 is 0 Å². The summed E-state index contributed by atoms with van der Waals surface area (Å²) in [6.07, 6.45) is 0. The molecule has 1 aromatic carbocycles. The molecule has 0 radical (unpaired) electrons. The molecule has 120 valence electrons. The fraction of sp³-hybridized carbons (Fsp3) is 0.571. The number of likely N-dealkylation sites (N-methyl/N-ethyl adjacent to an activating group) is 1. The molecular formula is C14H22BrNO4S. The quantitative estimate of drug-likeness (QED) is 0.788. The first kappa shape index (κ1) is 18.6. The predicted octanol–water partition coefficient (Wildman–Crippen LogP) is 2.30. The van der Waals surface area contributed by atoms with Crippen molar-refractivity contribution in [3.05, 3.63) is 27.7 Å². The second-order valence-electron chi connectivity index (χ2n) is 4.90. The number of aliphatic hydroxyl groups is 1. The number of ether oxygens (including phenoxy) is 1. The molecule has 0 aliphatic rings. The van der Waals surface area contributed by atoms with Crippen molar-refractivity contribution in [3.63, 3.8) is 0 Å². The molecule has 7 heteroatoms. The van der Waals surface area contributed by atoms with Crippen LogP contribution in [0.25, 0.3) is 0 Å². The summed E-state index contributed by atoms with van der Waals surface area (Å²) >= 11 is 3.35. The van der Waals surface area contributed by atoms with Gasteiger partial charge in [0.1, 0.15) is 0 Å². The molecule has 1 atom stereocenters. The van der Waals surface area contributed by atoms with Gasteiger partial charge in [-0.25, -0.2) is 8.42 Å². The number of aryl methyl sites for hydroxylation is 1. The lowest BCUT2D eigenvalue weighted by atomic mass is 10.1. The van der Waals surface area contributed by atoms with Crippen LogP contribution >= 0.6 is 15.9 Å². The van der Waals surface area contributed by atoms with E-state index in [1.807, 2.05) is 0 Å². The first-order chi connectivity index (χ1) is 9.79. The molecule has 0 saturated carbocycles. The molecule has 1 N–H and O–H groups in total. The molecule has 0 amide bonds. The molecule has 0 bridgehead atoms. The Labute approximate surface area is 135 Å². The standard InChI is InChI=1S/C14H22BrNO4S/c1-5-16(11(3)9-20-4)21(18,19)13-7-12(8-17)6-10(2)14(13)15/h6-7,11,17H,5,8-9H2,1-4H3. The van der Waals surface area contributed by atoms with Crippen LogP contribution < -0.4 is 0 Å². The van der Waals surface area contributed by atoms with Crippen LogP contribution in [-0.4, -0.2) is 44.1 Å². The van der Waals surface area contributed by atoms with Crippen LogP contribution in [0, 0.1) is 6.92 Å².